The molecule has 0 bridgehead atoms. The number of hydrogen-bond donors (Lipinski definition) is 1. The summed E-state index contributed by atoms with van der Waals surface area (Å²) in [6.07, 6.45) is 0. The molecule has 0 atom stereocenters. The van der Waals surface area contributed by atoms with Crippen molar-refractivity contribution in [2.45, 2.75) is 0 Å². The van der Waals surface area contributed by atoms with Gasteiger partial charge in [-0.05, 0) is 0 Å². The smallest absolute Gasteiger partial charge is 0.264 e. The van der Waals surface area contributed by atoms with Crippen LogP contribution in [0.25, 0.3) is 11.3 Å². The highest BCUT2D eigenvalue weighted by Crippen LogP contribution is 2.28. The topological polar surface area (TPSA) is 47.0 Å². The summed E-state index contributed by atoms with van der Waals surface area (Å²) in [5.41, 5.74) is -0.531. The van der Waals surface area contributed by atoms with E-state index >= 15 is 0 Å². The number of nitrogens with one attached hydrogen (secondary N) is 1. The van der Waals surface area contributed by atoms with Gasteiger partial charge in [0.25, 0.3) is 5.56 Å². The number of aromatic nitrogens is 2. The van der Waals surface area contributed by atoms with Gasteiger partial charge in [-0.25, -0.2) is 8.78 Å². The second-order valence-corrected chi connectivity index (χ2v) is 3.53. The van der Waals surface area contributed by atoms with Crippen LogP contribution < -0.4 is 10.3 Å². The molecule has 4 nitrogen and oxygen atoms in total. The van der Waals surface area contributed by atoms with Gasteiger partial charge >= 0.3 is 0 Å². The number of aromatic amines is 1. The molecule has 0 saturated carbocycles. The van der Waals surface area contributed by atoms with Crippen LogP contribution >= 0.6 is 0 Å². The van der Waals surface area contributed by atoms with Gasteiger partial charge in [0.15, 0.2) is 0 Å². The molecule has 0 fully saturated rings. The maximum atomic E-state index is 13.7. The van der Waals surface area contributed by atoms with Crippen LogP contribution in [0.4, 0.5) is 8.78 Å². The summed E-state index contributed by atoms with van der Waals surface area (Å²) in [5.74, 6) is -1.47. The van der Waals surface area contributed by atoms with E-state index in [9.17, 15) is 13.6 Å². The molecule has 1 N–H and O–H groups in total. The van der Waals surface area contributed by atoms with Gasteiger partial charge in [-0.1, -0.05) is 0 Å². The number of benzene rings is 1. The van der Waals surface area contributed by atoms with Crippen LogP contribution in [0.2, 0.25) is 0 Å². The van der Waals surface area contributed by atoms with E-state index in [1.165, 1.54) is 18.8 Å². The molecule has 0 amide bonds. The third-order valence-corrected chi connectivity index (χ3v) is 2.41. The molecule has 0 spiro atoms. The molecule has 0 unspecified atom stereocenters. The highest BCUT2D eigenvalue weighted by molar-refractivity contribution is 5.62. The minimum absolute atomic E-state index is 0.0873. The van der Waals surface area contributed by atoms with Crippen molar-refractivity contribution in [3.8, 4) is 17.0 Å². The van der Waals surface area contributed by atoms with Crippen LogP contribution in [0.1, 0.15) is 0 Å². The summed E-state index contributed by atoms with van der Waals surface area (Å²) in [7, 11) is 2.82. The van der Waals surface area contributed by atoms with Gasteiger partial charge in [0.2, 0.25) is 0 Å². The lowest BCUT2D eigenvalue weighted by Crippen LogP contribution is -2.02. The van der Waals surface area contributed by atoms with Crippen molar-refractivity contribution in [1.82, 2.24) is 9.78 Å². The van der Waals surface area contributed by atoms with Crippen molar-refractivity contribution in [1.29, 1.82) is 0 Å². The average molecular weight is 240 g/mol. The Balaban J connectivity index is 2.68. The van der Waals surface area contributed by atoms with E-state index in [1.807, 2.05) is 0 Å². The first-order chi connectivity index (χ1) is 8.02. The zero-order valence-corrected chi connectivity index (χ0v) is 9.25. The zero-order chi connectivity index (χ0) is 12.6. The molecule has 1 aromatic heterocycles. The maximum absolute atomic E-state index is 13.7. The van der Waals surface area contributed by atoms with Crippen molar-refractivity contribution in [2.24, 2.45) is 7.05 Å². The van der Waals surface area contributed by atoms with Crippen LogP contribution in [-0.2, 0) is 7.05 Å². The first-order valence-corrected chi connectivity index (χ1v) is 4.82. The second kappa shape index (κ2) is 4.04. The molecule has 1 heterocycles. The van der Waals surface area contributed by atoms with Gasteiger partial charge in [0.05, 0.1) is 18.4 Å². The van der Waals surface area contributed by atoms with E-state index < -0.39 is 17.2 Å². The molecule has 17 heavy (non-hydrogen) atoms. The average Bonchev–Trinajstić information content (AvgIpc) is 2.57. The zero-order valence-electron chi connectivity index (χ0n) is 9.25. The summed E-state index contributed by atoms with van der Waals surface area (Å²) >= 11 is 0. The quantitative estimate of drug-likeness (QED) is 0.867. The Morgan fingerprint density at radius 1 is 1.24 bits per heavy atom. The van der Waals surface area contributed by atoms with E-state index in [2.05, 4.69) is 5.10 Å². The lowest BCUT2D eigenvalue weighted by Gasteiger charge is -2.07. The molecule has 0 aliphatic heterocycles. The van der Waals surface area contributed by atoms with Gasteiger partial charge in [0.1, 0.15) is 17.4 Å². The monoisotopic (exact) mass is 240 g/mol. The second-order valence-electron chi connectivity index (χ2n) is 3.53. The molecule has 90 valence electrons. The van der Waals surface area contributed by atoms with Crippen molar-refractivity contribution in [2.75, 3.05) is 7.11 Å². The van der Waals surface area contributed by atoms with Gasteiger partial charge in [-0.2, -0.15) is 0 Å². The van der Waals surface area contributed by atoms with E-state index in [1.54, 1.807) is 0 Å². The fourth-order valence-corrected chi connectivity index (χ4v) is 1.63. The largest absolute Gasteiger partial charge is 0.497 e. The molecule has 1 aromatic carbocycles. The summed E-state index contributed by atoms with van der Waals surface area (Å²) in [6, 6.07) is 3.26. The standard InChI is InChI=1S/C11H10F2N2O2/c1-15-9(5-10(16)14-15)11-7(12)3-6(17-2)4-8(11)13/h3-5H,1-2H3,(H,14,16). The normalized spacial score (nSPS) is 10.6. The minimum atomic E-state index is -0.781. The lowest BCUT2D eigenvalue weighted by molar-refractivity contribution is 0.407. The van der Waals surface area contributed by atoms with Crippen molar-refractivity contribution in [3.05, 3.63) is 40.2 Å². The minimum Gasteiger partial charge on any atom is -0.497 e. The van der Waals surface area contributed by atoms with Crippen LogP contribution in [0.5, 0.6) is 5.75 Å². The predicted molar refractivity (Wildman–Crippen MR) is 57.9 cm³/mol. The van der Waals surface area contributed by atoms with Crippen LogP contribution in [0.15, 0.2) is 23.0 Å². The van der Waals surface area contributed by atoms with Gasteiger partial charge in [-0.3, -0.25) is 14.6 Å². The van der Waals surface area contributed by atoms with E-state index in [0.717, 1.165) is 18.2 Å². The molecule has 6 heteroatoms. The van der Waals surface area contributed by atoms with Crippen molar-refractivity contribution in [3.63, 3.8) is 0 Å². The molecule has 0 aliphatic carbocycles. The number of methoxy groups -OCH3 is 1. The van der Waals surface area contributed by atoms with E-state index in [0.29, 0.717) is 0 Å². The first kappa shape index (κ1) is 11.4. The SMILES string of the molecule is COc1cc(F)c(-c2cc(=O)[nH]n2C)c(F)c1. The number of nitrogens with zero attached hydrogens (tertiary/aromatic N) is 1. The molecular weight excluding hydrogens is 230 g/mol. The molecule has 0 saturated heterocycles. The fourth-order valence-electron chi connectivity index (χ4n) is 1.63. The Morgan fingerprint density at radius 3 is 2.24 bits per heavy atom. The Labute approximate surface area is 95.4 Å². The van der Waals surface area contributed by atoms with Crippen molar-refractivity contribution < 1.29 is 13.5 Å². The first-order valence-electron chi connectivity index (χ1n) is 4.82. The maximum Gasteiger partial charge on any atom is 0.264 e. The molecule has 0 aliphatic rings. The van der Waals surface area contributed by atoms with Gasteiger partial charge in [0, 0.05) is 25.2 Å². The molecule has 2 rings (SSSR count). The number of H-pyrrole nitrogens is 1. The van der Waals surface area contributed by atoms with E-state index in [4.69, 9.17) is 4.74 Å². The Hall–Kier alpha value is -2.11. The summed E-state index contributed by atoms with van der Waals surface area (Å²) in [6.45, 7) is 0. The summed E-state index contributed by atoms with van der Waals surface area (Å²) in [4.78, 5) is 11.1. The number of rotatable bonds is 2. The molecular formula is C11H10F2N2O2. The highest BCUT2D eigenvalue weighted by Gasteiger charge is 2.17. The van der Waals surface area contributed by atoms with Crippen LogP contribution in [0.3, 0.4) is 0 Å². The highest BCUT2D eigenvalue weighted by atomic mass is 19.1. The van der Waals surface area contributed by atoms with Crippen molar-refractivity contribution >= 4 is 0 Å². The third kappa shape index (κ3) is 1.93. The molecule has 0 radical (unpaired) electrons. The predicted octanol–water partition coefficient (Wildman–Crippen LogP) is 1.67. The number of hydrogen-bond acceptors (Lipinski definition) is 2. The lowest BCUT2D eigenvalue weighted by atomic mass is 10.1. The Bertz CT molecular complexity index is 593. The van der Waals surface area contributed by atoms with Gasteiger partial charge in [-0.15, -0.1) is 0 Å². The van der Waals surface area contributed by atoms with Crippen LogP contribution in [0, 0.1) is 11.6 Å². The Morgan fingerprint density at radius 2 is 1.82 bits per heavy atom. The number of halogens is 2. The fraction of sp³-hybridized carbons (Fsp3) is 0.182. The van der Waals surface area contributed by atoms with Crippen LogP contribution in [-0.4, -0.2) is 16.9 Å². The van der Waals surface area contributed by atoms with Gasteiger partial charge < -0.3 is 4.74 Å². The number of ether oxygens (including phenoxy) is 1. The summed E-state index contributed by atoms with van der Waals surface area (Å²) in [5, 5.41) is 2.39. The third-order valence-electron chi connectivity index (χ3n) is 2.41. The summed E-state index contributed by atoms with van der Waals surface area (Å²) < 4.78 is 33.5. The van der Waals surface area contributed by atoms with E-state index in [-0.39, 0.29) is 17.0 Å². The Kier molecular flexibility index (Phi) is 2.71. The molecule has 2 aromatic rings. The number of aryl methyl sites for hydroxylation is 1.